The molecule has 2 aromatic rings. The minimum absolute atomic E-state index is 0.0768. The van der Waals surface area contributed by atoms with Crippen molar-refractivity contribution in [3.8, 4) is 28.7 Å². The molecule has 9 heteroatoms. The Labute approximate surface area is 199 Å². The molecule has 0 unspecified atom stereocenters. The summed E-state index contributed by atoms with van der Waals surface area (Å²) in [6, 6.07) is 6.57. The van der Waals surface area contributed by atoms with E-state index in [2.05, 4.69) is 0 Å². The quantitative estimate of drug-likeness (QED) is 0.449. The molecule has 0 aromatic heterocycles. The van der Waals surface area contributed by atoms with Crippen LogP contribution in [0, 0.1) is 0 Å². The molecule has 0 atom stereocenters. The van der Waals surface area contributed by atoms with E-state index in [-0.39, 0.29) is 17.3 Å². The number of hydrogen-bond acceptors (Lipinski definition) is 8. The van der Waals surface area contributed by atoms with Crippen molar-refractivity contribution in [2.24, 2.45) is 0 Å². The summed E-state index contributed by atoms with van der Waals surface area (Å²) in [5.41, 5.74) is 1.62. The number of benzene rings is 2. The summed E-state index contributed by atoms with van der Waals surface area (Å²) in [7, 11) is 7.87. The molecule has 2 N–H and O–H groups in total. The van der Waals surface area contributed by atoms with E-state index in [1.165, 1.54) is 27.4 Å². The Morgan fingerprint density at radius 1 is 0.941 bits per heavy atom. The van der Waals surface area contributed by atoms with Gasteiger partial charge < -0.3 is 38.4 Å². The lowest BCUT2D eigenvalue weighted by molar-refractivity contribution is -0.914. The number of Topliss-reactive ketones (excluding diaryl/α,β-unsaturated/α-hetero) is 1. The zero-order chi connectivity index (χ0) is 24.7. The molecule has 0 saturated carbocycles. The van der Waals surface area contributed by atoms with Gasteiger partial charge in [-0.15, -0.1) is 0 Å². The number of phenols is 1. The van der Waals surface area contributed by atoms with Crippen LogP contribution in [0.15, 0.2) is 30.0 Å². The van der Waals surface area contributed by atoms with E-state index in [4.69, 9.17) is 28.4 Å². The van der Waals surface area contributed by atoms with Crippen LogP contribution in [-0.2, 0) is 16.0 Å². The van der Waals surface area contributed by atoms with Crippen molar-refractivity contribution in [1.82, 2.24) is 0 Å². The number of aromatic hydroxyl groups is 1. The van der Waals surface area contributed by atoms with Crippen molar-refractivity contribution < 1.29 is 43.2 Å². The first-order valence-electron chi connectivity index (χ1n) is 10.9. The zero-order valence-electron chi connectivity index (χ0n) is 20.2. The molecule has 0 amide bonds. The van der Waals surface area contributed by atoms with Crippen molar-refractivity contribution in [1.29, 1.82) is 0 Å². The first-order valence-corrected chi connectivity index (χ1v) is 10.9. The topological polar surface area (TPSA) is 97.1 Å². The highest BCUT2D eigenvalue weighted by atomic mass is 16.5. The molecule has 34 heavy (non-hydrogen) atoms. The third-order valence-corrected chi connectivity index (χ3v) is 5.65. The molecular formula is C25H32NO8+. The molecule has 3 rings (SSSR count). The standard InChI is InChI=1S/C25H31NO8/c1-29-10-8-26(9-11-30-2)15-18-19(27)7-6-17-23(28)20(34-24(17)18)12-16-13-21(31-3)25(33-5)22(14-16)32-4/h6-7,12-14,27H,8-11,15H2,1-5H3/p+1/b20-12-. The fourth-order valence-corrected chi connectivity index (χ4v) is 3.85. The van der Waals surface area contributed by atoms with Crippen molar-refractivity contribution in [3.63, 3.8) is 0 Å². The molecule has 0 bridgehead atoms. The van der Waals surface area contributed by atoms with Gasteiger partial charge in [-0.3, -0.25) is 4.79 Å². The van der Waals surface area contributed by atoms with Gasteiger partial charge in [0.15, 0.2) is 23.0 Å². The van der Waals surface area contributed by atoms with Gasteiger partial charge in [0.2, 0.25) is 11.5 Å². The number of ketones is 1. The molecular weight excluding hydrogens is 442 g/mol. The van der Waals surface area contributed by atoms with Gasteiger partial charge in [-0.2, -0.15) is 0 Å². The molecule has 1 heterocycles. The Morgan fingerprint density at radius 3 is 2.09 bits per heavy atom. The number of hydrogen-bond donors (Lipinski definition) is 2. The second-order valence-corrected chi connectivity index (χ2v) is 7.75. The largest absolute Gasteiger partial charge is 0.507 e. The maximum Gasteiger partial charge on any atom is 0.231 e. The van der Waals surface area contributed by atoms with Crippen molar-refractivity contribution in [3.05, 3.63) is 46.7 Å². The lowest BCUT2D eigenvalue weighted by Crippen LogP contribution is -3.11. The maximum absolute atomic E-state index is 13.1. The number of nitrogens with one attached hydrogen (secondary N) is 1. The summed E-state index contributed by atoms with van der Waals surface area (Å²) >= 11 is 0. The highest BCUT2D eigenvalue weighted by Gasteiger charge is 2.32. The monoisotopic (exact) mass is 474 g/mol. The van der Waals surface area contributed by atoms with Crippen molar-refractivity contribution >= 4 is 11.9 Å². The number of methoxy groups -OCH3 is 5. The fraction of sp³-hybridized carbons (Fsp3) is 0.400. The van der Waals surface area contributed by atoms with E-state index >= 15 is 0 Å². The van der Waals surface area contributed by atoms with Gasteiger partial charge in [-0.25, -0.2) is 0 Å². The van der Waals surface area contributed by atoms with Gasteiger partial charge in [0.05, 0.1) is 45.7 Å². The minimum atomic E-state index is -0.264. The predicted molar refractivity (Wildman–Crippen MR) is 125 cm³/mol. The van der Waals surface area contributed by atoms with Gasteiger partial charge in [0.25, 0.3) is 0 Å². The van der Waals surface area contributed by atoms with Gasteiger partial charge >= 0.3 is 0 Å². The fourth-order valence-electron chi connectivity index (χ4n) is 3.85. The van der Waals surface area contributed by atoms with Crippen LogP contribution >= 0.6 is 0 Å². The summed E-state index contributed by atoms with van der Waals surface area (Å²) in [4.78, 5) is 14.2. The number of phenolic OH excluding ortho intramolecular Hbond substituents is 1. The minimum Gasteiger partial charge on any atom is -0.507 e. The van der Waals surface area contributed by atoms with Gasteiger partial charge in [0, 0.05) is 14.2 Å². The van der Waals surface area contributed by atoms with E-state index in [0.29, 0.717) is 72.5 Å². The second kappa shape index (κ2) is 11.7. The van der Waals surface area contributed by atoms with E-state index in [1.807, 2.05) is 0 Å². The molecule has 0 aliphatic carbocycles. The molecule has 1 aliphatic rings. The SMILES string of the molecule is COCC[NH+](CCOC)Cc1c(O)ccc2c1O/C(=C\c1cc(OC)c(OC)c(OC)c1)C2=O. The lowest BCUT2D eigenvalue weighted by Gasteiger charge is -2.20. The summed E-state index contributed by atoms with van der Waals surface area (Å²) in [6.45, 7) is 2.99. The van der Waals surface area contributed by atoms with Crippen LogP contribution in [0.3, 0.4) is 0 Å². The van der Waals surface area contributed by atoms with Gasteiger partial charge in [0.1, 0.15) is 25.4 Å². The molecule has 0 saturated heterocycles. The molecule has 184 valence electrons. The molecule has 0 spiro atoms. The van der Waals surface area contributed by atoms with Crippen LogP contribution in [0.2, 0.25) is 0 Å². The van der Waals surface area contributed by atoms with Crippen LogP contribution in [0.1, 0.15) is 21.5 Å². The van der Waals surface area contributed by atoms with Crippen LogP contribution in [0.4, 0.5) is 0 Å². The number of rotatable bonds is 12. The molecule has 2 aromatic carbocycles. The zero-order valence-corrected chi connectivity index (χ0v) is 20.2. The highest BCUT2D eigenvalue weighted by Crippen LogP contribution is 2.41. The third-order valence-electron chi connectivity index (χ3n) is 5.65. The Morgan fingerprint density at radius 2 is 1.56 bits per heavy atom. The van der Waals surface area contributed by atoms with Gasteiger partial charge in [-0.1, -0.05) is 0 Å². The Hall–Kier alpha value is -3.27. The van der Waals surface area contributed by atoms with Crippen LogP contribution in [-0.4, -0.2) is 72.7 Å². The van der Waals surface area contributed by atoms with Crippen LogP contribution < -0.4 is 23.8 Å². The Bertz CT molecular complexity index is 1020. The van der Waals surface area contributed by atoms with Crippen LogP contribution in [0.5, 0.6) is 28.7 Å². The smallest absolute Gasteiger partial charge is 0.231 e. The van der Waals surface area contributed by atoms with Crippen molar-refractivity contribution in [2.45, 2.75) is 6.54 Å². The second-order valence-electron chi connectivity index (χ2n) is 7.75. The molecule has 0 radical (unpaired) electrons. The average Bonchev–Trinajstić information content (AvgIpc) is 3.16. The molecule has 1 aliphatic heterocycles. The Balaban J connectivity index is 1.95. The van der Waals surface area contributed by atoms with Crippen LogP contribution in [0.25, 0.3) is 6.08 Å². The lowest BCUT2D eigenvalue weighted by atomic mass is 10.0. The number of allylic oxidation sites excluding steroid dienone is 1. The highest BCUT2D eigenvalue weighted by molar-refractivity contribution is 6.15. The average molecular weight is 475 g/mol. The number of ether oxygens (including phenoxy) is 6. The number of quaternary nitrogens is 1. The van der Waals surface area contributed by atoms with Gasteiger partial charge in [-0.05, 0) is 35.9 Å². The van der Waals surface area contributed by atoms with E-state index < -0.39 is 0 Å². The summed E-state index contributed by atoms with van der Waals surface area (Å²) in [6.07, 6.45) is 1.62. The van der Waals surface area contributed by atoms with E-state index in [0.717, 1.165) is 4.90 Å². The first-order chi connectivity index (χ1) is 16.5. The normalized spacial score (nSPS) is 13.8. The van der Waals surface area contributed by atoms with E-state index in [1.54, 1.807) is 38.5 Å². The third kappa shape index (κ3) is 5.44. The number of carbonyl (C=O) groups is 1. The molecule has 0 fully saturated rings. The summed E-state index contributed by atoms with van der Waals surface area (Å²) in [5, 5.41) is 10.6. The van der Waals surface area contributed by atoms with E-state index in [9.17, 15) is 9.90 Å². The maximum atomic E-state index is 13.1. The molecule has 9 nitrogen and oxygen atoms in total. The van der Waals surface area contributed by atoms with Crippen molar-refractivity contribution in [2.75, 3.05) is 61.9 Å². The number of fused-ring (bicyclic) bond motifs is 1. The summed E-state index contributed by atoms with van der Waals surface area (Å²) in [5.74, 6) is 1.71. The Kier molecular flexibility index (Phi) is 8.75. The summed E-state index contributed by atoms with van der Waals surface area (Å²) < 4.78 is 32.6. The predicted octanol–water partition coefficient (Wildman–Crippen LogP) is 1.71. The first kappa shape index (κ1) is 25.4. The number of carbonyl (C=O) groups excluding carboxylic acids is 1.